The molecule has 220 valence electrons. The van der Waals surface area contributed by atoms with E-state index < -0.39 is 28.5 Å². The third-order valence-electron chi connectivity index (χ3n) is 6.76. The van der Waals surface area contributed by atoms with E-state index in [4.69, 9.17) is 9.47 Å². The Hall–Kier alpha value is -4.05. The van der Waals surface area contributed by atoms with Crippen molar-refractivity contribution in [2.45, 2.75) is 39.3 Å². The lowest BCUT2D eigenvalue weighted by molar-refractivity contribution is -0.140. The predicted octanol–water partition coefficient (Wildman–Crippen LogP) is 3.94. The van der Waals surface area contributed by atoms with Gasteiger partial charge >= 0.3 is 0 Å². The van der Waals surface area contributed by atoms with Gasteiger partial charge < -0.3 is 19.7 Å². The summed E-state index contributed by atoms with van der Waals surface area (Å²) in [5, 5.41) is 2.94. The van der Waals surface area contributed by atoms with Gasteiger partial charge in [-0.15, -0.1) is 0 Å². The molecule has 3 aromatic rings. The second kappa shape index (κ2) is 14.5. The Morgan fingerprint density at radius 1 is 0.951 bits per heavy atom. The van der Waals surface area contributed by atoms with Crippen LogP contribution in [0.4, 0.5) is 5.69 Å². The van der Waals surface area contributed by atoms with Crippen LogP contribution in [0, 0.1) is 6.92 Å². The molecule has 0 saturated heterocycles. The van der Waals surface area contributed by atoms with Gasteiger partial charge in [0.2, 0.25) is 21.8 Å². The first kappa shape index (κ1) is 31.5. The number of hydrogen-bond donors (Lipinski definition) is 1. The Morgan fingerprint density at radius 2 is 1.63 bits per heavy atom. The first-order chi connectivity index (χ1) is 19.6. The van der Waals surface area contributed by atoms with Crippen LogP contribution in [0.1, 0.15) is 30.0 Å². The second-order valence-electron chi connectivity index (χ2n) is 9.75. The fraction of sp³-hybridized carbons (Fsp3) is 0.355. The van der Waals surface area contributed by atoms with E-state index in [0.29, 0.717) is 12.3 Å². The lowest BCUT2D eigenvalue weighted by Gasteiger charge is -2.34. The SMILES string of the molecule is CCCNC(=O)[C@H](Cc1ccccc1)N(Cc1ccccc1C)C(=O)CN(c1cc(OC)ccc1OC)S(C)(=O)=O. The number of methoxy groups -OCH3 is 2. The van der Waals surface area contributed by atoms with Crippen molar-refractivity contribution in [2.75, 3.05) is 37.9 Å². The highest BCUT2D eigenvalue weighted by Gasteiger charge is 2.34. The van der Waals surface area contributed by atoms with E-state index in [1.165, 1.54) is 25.2 Å². The van der Waals surface area contributed by atoms with E-state index in [0.717, 1.165) is 33.7 Å². The minimum atomic E-state index is -3.95. The van der Waals surface area contributed by atoms with Crippen LogP contribution < -0.4 is 19.1 Å². The molecule has 3 aromatic carbocycles. The molecule has 10 heteroatoms. The summed E-state index contributed by atoms with van der Waals surface area (Å²) in [5.74, 6) is -0.172. The molecule has 0 aliphatic rings. The molecular weight excluding hydrogens is 542 g/mol. The van der Waals surface area contributed by atoms with Crippen molar-refractivity contribution < 1.29 is 27.5 Å². The number of carbonyl (C=O) groups excluding carboxylic acids is 2. The number of nitrogens with zero attached hydrogens (tertiary/aromatic N) is 2. The average Bonchev–Trinajstić information content (AvgIpc) is 2.96. The number of rotatable bonds is 14. The molecule has 0 fully saturated rings. The molecule has 0 aromatic heterocycles. The first-order valence-electron chi connectivity index (χ1n) is 13.4. The minimum Gasteiger partial charge on any atom is -0.497 e. The van der Waals surface area contributed by atoms with Gasteiger partial charge in [0.05, 0.1) is 26.2 Å². The molecule has 0 spiro atoms. The highest BCUT2D eigenvalue weighted by Crippen LogP contribution is 2.34. The van der Waals surface area contributed by atoms with Crippen molar-refractivity contribution in [3.8, 4) is 11.5 Å². The molecule has 0 aliphatic carbocycles. The molecule has 0 heterocycles. The zero-order chi connectivity index (χ0) is 30.0. The molecule has 0 aliphatic heterocycles. The average molecular weight is 582 g/mol. The molecule has 3 rings (SSSR count). The number of benzene rings is 3. The lowest BCUT2D eigenvalue weighted by Crippen LogP contribution is -2.53. The summed E-state index contributed by atoms with van der Waals surface area (Å²) in [7, 11) is -1.06. The molecule has 1 N–H and O–H groups in total. The van der Waals surface area contributed by atoms with Gasteiger partial charge in [-0.25, -0.2) is 8.42 Å². The highest BCUT2D eigenvalue weighted by molar-refractivity contribution is 7.92. The van der Waals surface area contributed by atoms with Crippen molar-refractivity contribution >= 4 is 27.5 Å². The van der Waals surface area contributed by atoms with Gasteiger partial charge in [0.1, 0.15) is 24.1 Å². The van der Waals surface area contributed by atoms with E-state index in [9.17, 15) is 18.0 Å². The van der Waals surface area contributed by atoms with E-state index in [1.807, 2.05) is 68.4 Å². The van der Waals surface area contributed by atoms with Crippen LogP contribution in [0.5, 0.6) is 11.5 Å². The van der Waals surface area contributed by atoms with Crippen molar-refractivity contribution in [1.29, 1.82) is 0 Å². The summed E-state index contributed by atoms with van der Waals surface area (Å²) >= 11 is 0. The number of aryl methyl sites for hydroxylation is 1. The molecule has 9 nitrogen and oxygen atoms in total. The fourth-order valence-corrected chi connectivity index (χ4v) is 5.32. The second-order valence-corrected chi connectivity index (χ2v) is 11.7. The Kier molecular flexibility index (Phi) is 11.2. The Bertz CT molecular complexity index is 1430. The number of carbonyl (C=O) groups is 2. The molecule has 0 saturated carbocycles. The minimum absolute atomic E-state index is 0.120. The Morgan fingerprint density at radius 3 is 2.24 bits per heavy atom. The van der Waals surface area contributed by atoms with Crippen molar-refractivity contribution in [3.63, 3.8) is 0 Å². The summed E-state index contributed by atoms with van der Waals surface area (Å²) in [5.41, 5.74) is 2.84. The van der Waals surface area contributed by atoms with Gasteiger partial charge in [-0.3, -0.25) is 13.9 Å². The zero-order valence-electron chi connectivity index (χ0n) is 24.3. The van der Waals surface area contributed by atoms with Gasteiger partial charge in [0.15, 0.2) is 0 Å². The third kappa shape index (κ3) is 8.47. The molecule has 0 unspecified atom stereocenters. The van der Waals surface area contributed by atoms with Gasteiger partial charge in [-0.1, -0.05) is 61.5 Å². The van der Waals surface area contributed by atoms with Crippen LogP contribution in [0.3, 0.4) is 0 Å². The maximum absolute atomic E-state index is 14.2. The van der Waals surface area contributed by atoms with Gasteiger partial charge in [0.25, 0.3) is 0 Å². The Labute approximate surface area is 243 Å². The van der Waals surface area contributed by atoms with Gasteiger partial charge in [-0.05, 0) is 42.2 Å². The van der Waals surface area contributed by atoms with Crippen molar-refractivity contribution in [2.24, 2.45) is 0 Å². The number of hydrogen-bond acceptors (Lipinski definition) is 6. The van der Waals surface area contributed by atoms with E-state index in [-0.39, 0.29) is 30.3 Å². The fourth-order valence-electron chi connectivity index (χ4n) is 4.48. The largest absolute Gasteiger partial charge is 0.497 e. The molecule has 0 radical (unpaired) electrons. The van der Waals surface area contributed by atoms with Gasteiger partial charge in [0, 0.05) is 25.6 Å². The van der Waals surface area contributed by atoms with Crippen LogP contribution in [0.2, 0.25) is 0 Å². The molecule has 2 amide bonds. The molecular formula is C31H39N3O6S. The van der Waals surface area contributed by atoms with Gasteiger partial charge in [-0.2, -0.15) is 0 Å². The predicted molar refractivity (Wildman–Crippen MR) is 161 cm³/mol. The van der Waals surface area contributed by atoms with E-state index >= 15 is 0 Å². The molecule has 0 bridgehead atoms. The van der Waals surface area contributed by atoms with E-state index in [1.54, 1.807) is 12.1 Å². The lowest BCUT2D eigenvalue weighted by atomic mass is 10.0. The van der Waals surface area contributed by atoms with Crippen LogP contribution in [0.15, 0.2) is 72.8 Å². The maximum Gasteiger partial charge on any atom is 0.244 e. The van der Waals surface area contributed by atoms with Crippen LogP contribution in [0.25, 0.3) is 0 Å². The molecule has 41 heavy (non-hydrogen) atoms. The standard InChI is InChI=1S/C31H39N3O6S/c1-6-18-32-31(36)28(19-24-13-8-7-9-14-24)33(21-25-15-11-10-12-23(25)2)30(35)22-34(41(5,37)38)27-20-26(39-3)16-17-29(27)40-4/h7-17,20,28H,6,18-19,21-22H2,1-5H3,(H,32,36)/t28-/m0/s1. The van der Waals surface area contributed by atoms with Crippen molar-refractivity contribution in [3.05, 3.63) is 89.5 Å². The number of sulfonamides is 1. The topological polar surface area (TPSA) is 105 Å². The quantitative estimate of drug-likeness (QED) is 0.309. The Balaban J connectivity index is 2.10. The number of nitrogens with one attached hydrogen (secondary N) is 1. The maximum atomic E-state index is 14.2. The highest BCUT2D eigenvalue weighted by atomic mass is 32.2. The molecule has 1 atom stereocenters. The summed E-state index contributed by atoms with van der Waals surface area (Å²) in [6.45, 7) is 3.92. The number of amides is 2. The smallest absolute Gasteiger partial charge is 0.244 e. The van der Waals surface area contributed by atoms with Crippen molar-refractivity contribution in [1.82, 2.24) is 10.2 Å². The van der Waals surface area contributed by atoms with Crippen LogP contribution in [-0.4, -0.2) is 64.7 Å². The summed E-state index contributed by atoms with van der Waals surface area (Å²) in [4.78, 5) is 29.3. The number of anilines is 1. The van der Waals surface area contributed by atoms with Crippen LogP contribution in [-0.2, 0) is 32.6 Å². The zero-order valence-corrected chi connectivity index (χ0v) is 25.1. The third-order valence-corrected chi connectivity index (χ3v) is 7.88. The summed E-state index contributed by atoms with van der Waals surface area (Å²) in [6, 6.07) is 20.9. The number of ether oxygens (including phenoxy) is 2. The summed E-state index contributed by atoms with van der Waals surface area (Å²) in [6.07, 6.45) is 2.02. The first-order valence-corrected chi connectivity index (χ1v) is 15.3. The normalized spacial score (nSPS) is 11.8. The monoisotopic (exact) mass is 581 g/mol. The van der Waals surface area contributed by atoms with E-state index in [2.05, 4.69) is 5.32 Å². The summed E-state index contributed by atoms with van der Waals surface area (Å²) < 4.78 is 37.9. The van der Waals surface area contributed by atoms with Crippen LogP contribution >= 0.6 is 0 Å².